The summed E-state index contributed by atoms with van der Waals surface area (Å²) in [5, 5.41) is 11.4. The van der Waals surface area contributed by atoms with Crippen molar-refractivity contribution in [2.45, 2.75) is 72.2 Å². The van der Waals surface area contributed by atoms with Gasteiger partial charge in [-0.2, -0.15) is 9.40 Å². The predicted octanol–water partition coefficient (Wildman–Crippen LogP) is 2.52. The molecule has 0 spiro atoms. The van der Waals surface area contributed by atoms with E-state index in [1.807, 2.05) is 18.5 Å². The van der Waals surface area contributed by atoms with E-state index in [2.05, 4.69) is 29.4 Å². The molecule has 0 bridgehead atoms. The molecule has 1 aliphatic rings. The molecule has 0 aromatic carbocycles. The maximum atomic E-state index is 13.0. The molecule has 32 heavy (non-hydrogen) atoms. The first-order valence-electron chi connectivity index (χ1n) is 11.3. The van der Waals surface area contributed by atoms with Crippen molar-refractivity contribution in [3.63, 3.8) is 0 Å². The van der Waals surface area contributed by atoms with Gasteiger partial charge in [-0.1, -0.05) is 12.1 Å². The molecule has 0 aliphatic carbocycles. The van der Waals surface area contributed by atoms with Crippen LogP contribution in [-0.4, -0.2) is 53.2 Å². The molecule has 1 saturated heterocycles. The number of hydrogen-bond donors (Lipinski definition) is 1. The smallest absolute Gasteiger partial charge is 0.248 e. The second-order valence-electron chi connectivity index (χ2n) is 8.69. The SMILES string of the molecule is CCn1nc(C)c(CCNC(=O)[C@@H](C)C2CCN(S(=O)(=O)c3c(C)noc3C)CC2)c1C. The number of nitrogens with one attached hydrogen (secondary N) is 1. The van der Waals surface area contributed by atoms with E-state index in [0.717, 1.165) is 24.4 Å². The highest BCUT2D eigenvalue weighted by Gasteiger charge is 2.36. The molecule has 0 radical (unpaired) electrons. The van der Waals surface area contributed by atoms with Gasteiger partial charge in [0.25, 0.3) is 0 Å². The summed E-state index contributed by atoms with van der Waals surface area (Å²) in [6.45, 7) is 13.5. The number of carbonyl (C=O) groups is 1. The fourth-order valence-corrected chi connectivity index (χ4v) is 6.44. The Morgan fingerprint density at radius 3 is 2.38 bits per heavy atom. The minimum atomic E-state index is -3.63. The van der Waals surface area contributed by atoms with Gasteiger partial charge in [0.05, 0.1) is 5.69 Å². The van der Waals surface area contributed by atoms with Gasteiger partial charge in [0, 0.05) is 37.8 Å². The molecule has 1 N–H and O–H groups in total. The topological polar surface area (TPSA) is 110 Å². The van der Waals surface area contributed by atoms with Crippen molar-refractivity contribution in [1.29, 1.82) is 0 Å². The lowest BCUT2D eigenvalue weighted by Gasteiger charge is -2.33. The van der Waals surface area contributed by atoms with E-state index in [0.29, 0.717) is 43.9 Å². The second kappa shape index (κ2) is 9.74. The number of amides is 1. The molecule has 0 unspecified atom stereocenters. The summed E-state index contributed by atoms with van der Waals surface area (Å²) < 4.78 is 34.5. The number of sulfonamides is 1. The molecule has 0 saturated carbocycles. The normalized spacial score (nSPS) is 16.9. The van der Waals surface area contributed by atoms with Gasteiger partial charge < -0.3 is 9.84 Å². The third-order valence-electron chi connectivity index (χ3n) is 6.69. The van der Waals surface area contributed by atoms with Crippen LogP contribution in [-0.2, 0) is 27.8 Å². The van der Waals surface area contributed by atoms with Gasteiger partial charge in [-0.05, 0) is 65.4 Å². The monoisotopic (exact) mass is 465 g/mol. The molecule has 1 atom stereocenters. The van der Waals surface area contributed by atoms with Crippen LogP contribution in [0.5, 0.6) is 0 Å². The van der Waals surface area contributed by atoms with Gasteiger partial charge in [0.15, 0.2) is 5.76 Å². The highest BCUT2D eigenvalue weighted by Crippen LogP contribution is 2.30. The Hall–Kier alpha value is -2.20. The summed E-state index contributed by atoms with van der Waals surface area (Å²) in [5.74, 6) is 0.319. The Morgan fingerprint density at radius 2 is 1.84 bits per heavy atom. The number of piperidine rings is 1. The van der Waals surface area contributed by atoms with Crippen LogP contribution in [0.1, 0.15) is 55.1 Å². The van der Waals surface area contributed by atoms with E-state index < -0.39 is 10.0 Å². The van der Waals surface area contributed by atoms with Gasteiger partial charge in [-0.25, -0.2) is 8.42 Å². The van der Waals surface area contributed by atoms with E-state index in [-0.39, 0.29) is 22.6 Å². The van der Waals surface area contributed by atoms with Crippen LogP contribution in [0, 0.1) is 39.5 Å². The van der Waals surface area contributed by atoms with E-state index in [1.54, 1.807) is 13.8 Å². The average Bonchev–Trinajstić information content (AvgIpc) is 3.25. The number of nitrogens with zero attached hydrogens (tertiary/aromatic N) is 4. The Balaban J connectivity index is 1.52. The maximum Gasteiger partial charge on any atom is 0.248 e. The Bertz CT molecular complexity index is 1050. The lowest BCUT2D eigenvalue weighted by Crippen LogP contribution is -2.43. The quantitative estimate of drug-likeness (QED) is 0.641. The summed E-state index contributed by atoms with van der Waals surface area (Å²) in [6.07, 6.45) is 2.06. The maximum absolute atomic E-state index is 13.0. The molecular weight excluding hydrogens is 430 g/mol. The number of aromatic nitrogens is 3. The van der Waals surface area contributed by atoms with E-state index in [9.17, 15) is 13.2 Å². The van der Waals surface area contributed by atoms with E-state index in [1.165, 1.54) is 9.87 Å². The molecule has 3 rings (SSSR count). The predicted molar refractivity (Wildman–Crippen MR) is 121 cm³/mol. The van der Waals surface area contributed by atoms with Crippen molar-refractivity contribution in [1.82, 2.24) is 24.6 Å². The standard InChI is InChI=1S/C22H35N5O4S/c1-7-27-17(5)20(15(3)24-27)8-11-23-22(28)14(2)19-9-12-26(13-10-19)32(29,30)21-16(4)25-31-18(21)6/h14,19H,7-13H2,1-6H3,(H,23,28)/t14-/m0/s1. The van der Waals surface area contributed by atoms with Crippen LogP contribution in [0.3, 0.4) is 0 Å². The van der Waals surface area contributed by atoms with Crippen LogP contribution < -0.4 is 5.32 Å². The van der Waals surface area contributed by atoms with E-state index >= 15 is 0 Å². The third kappa shape index (κ3) is 4.76. The van der Waals surface area contributed by atoms with Gasteiger partial charge in [-0.3, -0.25) is 9.48 Å². The molecule has 9 nitrogen and oxygen atoms in total. The van der Waals surface area contributed by atoms with Gasteiger partial charge in [0.2, 0.25) is 15.9 Å². The first kappa shape index (κ1) is 24.4. The molecule has 1 amide bonds. The number of carbonyl (C=O) groups excluding carboxylic acids is 1. The van der Waals surface area contributed by atoms with Crippen LogP contribution in [0.15, 0.2) is 9.42 Å². The van der Waals surface area contributed by atoms with Crippen molar-refractivity contribution in [3.8, 4) is 0 Å². The van der Waals surface area contributed by atoms with Crippen LogP contribution in [0.2, 0.25) is 0 Å². The molecule has 1 aliphatic heterocycles. The highest BCUT2D eigenvalue weighted by molar-refractivity contribution is 7.89. The molecule has 3 heterocycles. The van der Waals surface area contributed by atoms with Crippen molar-refractivity contribution in [3.05, 3.63) is 28.4 Å². The van der Waals surface area contributed by atoms with Crippen molar-refractivity contribution < 1.29 is 17.7 Å². The van der Waals surface area contributed by atoms with Crippen LogP contribution in [0.25, 0.3) is 0 Å². The summed E-state index contributed by atoms with van der Waals surface area (Å²) in [6, 6.07) is 0. The van der Waals surface area contributed by atoms with Gasteiger partial charge in [-0.15, -0.1) is 0 Å². The number of hydrogen-bond acceptors (Lipinski definition) is 6. The highest BCUT2D eigenvalue weighted by atomic mass is 32.2. The minimum Gasteiger partial charge on any atom is -0.360 e. The Morgan fingerprint density at radius 1 is 1.19 bits per heavy atom. The fraction of sp³-hybridized carbons (Fsp3) is 0.682. The summed E-state index contributed by atoms with van der Waals surface area (Å²) >= 11 is 0. The summed E-state index contributed by atoms with van der Waals surface area (Å²) in [5.41, 5.74) is 3.74. The number of aryl methyl sites for hydroxylation is 4. The molecular formula is C22H35N5O4S. The van der Waals surface area contributed by atoms with Gasteiger partial charge >= 0.3 is 0 Å². The molecule has 1 fully saturated rings. The van der Waals surface area contributed by atoms with Crippen molar-refractivity contribution in [2.75, 3.05) is 19.6 Å². The van der Waals surface area contributed by atoms with Gasteiger partial charge in [0.1, 0.15) is 10.6 Å². The molecule has 2 aromatic rings. The van der Waals surface area contributed by atoms with E-state index in [4.69, 9.17) is 4.52 Å². The molecule has 10 heteroatoms. The average molecular weight is 466 g/mol. The largest absolute Gasteiger partial charge is 0.360 e. The van der Waals surface area contributed by atoms with Crippen molar-refractivity contribution in [2.24, 2.45) is 11.8 Å². The van der Waals surface area contributed by atoms with Crippen LogP contribution in [0.4, 0.5) is 0 Å². The molecule has 178 valence electrons. The minimum absolute atomic E-state index is 0.0234. The lowest BCUT2D eigenvalue weighted by molar-refractivity contribution is -0.126. The zero-order valence-electron chi connectivity index (χ0n) is 19.9. The summed E-state index contributed by atoms with van der Waals surface area (Å²) in [7, 11) is -3.63. The van der Waals surface area contributed by atoms with Crippen molar-refractivity contribution >= 4 is 15.9 Å². The molecule has 2 aromatic heterocycles. The summed E-state index contributed by atoms with van der Waals surface area (Å²) in [4.78, 5) is 12.9. The third-order valence-corrected chi connectivity index (χ3v) is 8.83. The first-order valence-corrected chi connectivity index (χ1v) is 12.8. The van der Waals surface area contributed by atoms with Crippen LogP contribution >= 0.6 is 0 Å². The Kier molecular flexibility index (Phi) is 7.44. The lowest BCUT2D eigenvalue weighted by atomic mass is 9.85. The first-order chi connectivity index (χ1) is 15.1. The Labute approximate surface area is 190 Å². The zero-order valence-corrected chi connectivity index (χ0v) is 20.8. The number of rotatable bonds is 8. The second-order valence-corrected chi connectivity index (χ2v) is 10.6. The fourth-order valence-electron chi connectivity index (χ4n) is 4.68. The zero-order chi connectivity index (χ0) is 23.6.